The van der Waals surface area contributed by atoms with Gasteiger partial charge in [0.05, 0.1) is 11.7 Å². The molecule has 0 aromatic heterocycles. The number of amides is 3. The summed E-state index contributed by atoms with van der Waals surface area (Å²) in [7, 11) is 0. The van der Waals surface area contributed by atoms with Gasteiger partial charge in [-0.15, -0.1) is 0 Å². The van der Waals surface area contributed by atoms with Crippen molar-refractivity contribution >= 4 is 29.3 Å². The molecule has 2 fully saturated rings. The molecule has 0 radical (unpaired) electrons. The molecule has 2 saturated heterocycles. The van der Waals surface area contributed by atoms with Crippen LogP contribution in [0.1, 0.15) is 33.6 Å². The second kappa shape index (κ2) is 7.70. The molecular formula is C21H28N4O5. The summed E-state index contributed by atoms with van der Waals surface area (Å²) in [5, 5.41) is 5.54. The molecule has 1 aromatic rings. The molecule has 1 unspecified atom stereocenters. The number of piperidine rings is 1. The van der Waals surface area contributed by atoms with Crippen molar-refractivity contribution in [3.05, 3.63) is 18.2 Å². The van der Waals surface area contributed by atoms with Crippen LogP contribution in [0.5, 0.6) is 5.75 Å². The highest BCUT2D eigenvalue weighted by Crippen LogP contribution is 2.37. The van der Waals surface area contributed by atoms with Crippen LogP contribution >= 0.6 is 0 Å². The van der Waals surface area contributed by atoms with Crippen LogP contribution in [-0.4, -0.2) is 66.7 Å². The first-order valence-corrected chi connectivity index (χ1v) is 10.3. The van der Waals surface area contributed by atoms with Gasteiger partial charge in [-0.2, -0.15) is 0 Å². The molecule has 3 aliphatic rings. The van der Waals surface area contributed by atoms with E-state index in [4.69, 9.17) is 9.47 Å². The van der Waals surface area contributed by atoms with Crippen molar-refractivity contribution in [3.8, 4) is 5.75 Å². The quantitative estimate of drug-likeness (QED) is 0.708. The van der Waals surface area contributed by atoms with E-state index in [0.29, 0.717) is 39.1 Å². The molecule has 0 aliphatic carbocycles. The third-order valence-corrected chi connectivity index (χ3v) is 5.41. The molecule has 0 bridgehead atoms. The van der Waals surface area contributed by atoms with E-state index in [-0.39, 0.29) is 23.9 Å². The van der Waals surface area contributed by atoms with Crippen LogP contribution < -0.4 is 20.3 Å². The average molecular weight is 416 g/mol. The molecule has 0 saturated carbocycles. The van der Waals surface area contributed by atoms with E-state index in [9.17, 15) is 14.4 Å². The van der Waals surface area contributed by atoms with Crippen LogP contribution in [0, 0.1) is 0 Å². The number of imide groups is 1. The van der Waals surface area contributed by atoms with Gasteiger partial charge >= 0.3 is 6.09 Å². The predicted molar refractivity (Wildman–Crippen MR) is 111 cm³/mol. The molecule has 0 spiro atoms. The molecule has 9 nitrogen and oxygen atoms in total. The lowest BCUT2D eigenvalue weighted by atomic mass is 10.0. The van der Waals surface area contributed by atoms with Crippen molar-refractivity contribution in [1.82, 2.24) is 10.2 Å². The SMILES string of the molecule is CC(C)(C)OC(=O)N1CCN2c3ccc(NC4CCC(=O)NC4=O)cc3OC[C@@H]2C1. The molecule has 162 valence electrons. The number of hydrogen-bond donors (Lipinski definition) is 2. The van der Waals surface area contributed by atoms with Crippen LogP contribution in [0.15, 0.2) is 18.2 Å². The van der Waals surface area contributed by atoms with Crippen molar-refractivity contribution in [2.75, 3.05) is 36.5 Å². The van der Waals surface area contributed by atoms with Crippen molar-refractivity contribution in [1.29, 1.82) is 0 Å². The Morgan fingerprint density at radius 1 is 1.27 bits per heavy atom. The minimum absolute atomic E-state index is 0.0627. The van der Waals surface area contributed by atoms with E-state index in [0.717, 1.165) is 17.1 Å². The van der Waals surface area contributed by atoms with E-state index in [1.807, 2.05) is 39.0 Å². The van der Waals surface area contributed by atoms with Crippen molar-refractivity contribution in [3.63, 3.8) is 0 Å². The first-order valence-electron chi connectivity index (χ1n) is 10.3. The highest BCUT2D eigenvalue weighted by atomic mass is 16.6. The van der Waals surface area contributed by atoms with Crippen LogP contribution in [0.25, 0.3) is 0 Å². The first kappa shape index (κ1) is 20.3. The fourth-order valence-electron chi connectivity index (χ4n) is 3.98. The summed E-state index contributed by atoms with van der Waals surface area (Å²) in [5.41, 5.74) is 1.23. The lowest BCUT2D eigenvalue weighted by Gasteiger charge is -2.45. The zero-order chi connectivity index (χ0) is 21.5. The summed E-state index contributed by atoms with van der Waals surface area (Å²) in [6.07, 6.45) is 0.503. The molecule has 4 rings (SSSR count). The zero-order valence-corrected chi connectivity index (χ0v) is 17.6. The number of hydrogen-bond acceptors (Lipinski definition) is 7. The van der Waals surface area contributed by atoms with E-state index in [1.165, 1.54) is 0 Å². The zero-order valence-electron chi connectivity index (χ0n) is 17.6. The van der Waals surface area contributed by atoms with Gasteiger partial charge in [0.2, 0.25) is 11.8 Å². The second-order valence-electron chi connectivity index (χ2n) is 8.92. The smallest absolute Gasteiger partial charge is 0.410 e. The number of nitrogens with one attached hydrogen (secondary N) is 2. The number of benzene rings is 1. The summed E-state index contributed by atoms with van der Waals surface area (Å²) in [6.45, 7) is 7.88. The van der Waals surface area contributed by atoms with Crippen molar-refractivity contribution < 1.29 is 23.9 Å². The molecule has 3 amide bonds. The maximum Gasteiger partial charge on any atom is 0.410 e. The summed E-state index contributed by atoms with van der Waals surface area (Å²) < 4.78 is 11.5. The van der Waals surface area contributed by atoms with Crippen molar-refractivity contribution in [2.45, 2.75) is 51.3 Å². The van der Waals surface area contributed by atoms with Gasteiger partial charge in [-0.1, -0.05) is 0 Å². The summed E-state index contributed by atoms with van der Waals surface area (Å²) in [6, 6.07) is 5.39. The number of fused-ring (bicyclic) bond motifs is 3. The van der Waals surface area contributed by atoms with Gasteiger partial charge in [-0.05, 0) is 39.3 Å². The van der Waals surface area contributed by atoms with E-state index in [1.54, 1.807) is 4.90 Å². The standard InChI is InChI=1S/C21H28N4O5/c1-21(2,3)30-20(28)24-8-9-25-14(11-24)12-29-17-10-13(4-6-16(17)25)22-15-5-7-18(26)23-19(15)27/h4,6,10,14-15,22H,5,7-9,11-12H2,1-3H3,(H,23,26,27)/t14-,15?/m0/s1. The normalized spacial score (nSPS) is 23.7. The van der Waals surface area contributed by atoms with E-state index < -0.39 is 11.6 Å². The minimum Gasteiger partial charge on any atom is -0.489 e. The Bertz CT molecular complexity index is 865. The number of piperazine rings is 1. The Morgan fingerprint density at radius 3 is 2.80 bits per heavy atom. The fourth-order valence-corrected chi connectivity index (χ4v) is 3.98. The molecule has 2 atom stereocenters. The highest BCUT2D eigenvalue weighted by Gasteiger charge is 2.36. The van der Waals surface area contributed by atoms with Gasteiger partial charge in [0.25, 0.3) is 0 Å². The third-order valence-electron chi connectivity index (χ3n) is 5.41. The highest BCUT2D eigenvalue weighted by molar-refractivity contribution is 6.01. The first-order chi connectivity index (χ1) is 14.2. The second-order valence-corrected chi connectivity index (χ2v) is 8.92. The molecule has 1 aromatic carbocycles. The summed E-state index contributed by atoms with van der Waals surface area (Å²) >= 11 is 0. The van der Waals surface area contributed by atoms with Crippen LogP contribution in [0.2, 0.25) is 0 Å². The number of carbonyl (C=O) groups excluding carboxylic acids is 3. The minimum atomic E-state index is -0.518. The van der Waals surface area contributed by atoms with Gasteiger partial charge < -0.3 is 24.6 Å². The van der Waals surface area contributed by atoms with Gasteiger partial charge in [0.15, 0.2) is 0 Å². The van der Waals surface area contributed by atoms with Gasteiger partial charge in [-0.25, -0.2) is 4.79 Å². The van der Waals surface area contributed by atoms with Crippen LogP contribution in [-0.2, 0) is 14.3 Å². The fraction of sp³-hybridized carbons (Fsp3) is 0.571. The molecule has 30 heavy (non-hydrogen) atoms. The molecule has 2 N–H and O–H groups in total. The number of anilines is 2. The Balaban J connectivity index is 1.42. The molecule has 9 heteroatoms. The van der Waals surface area contributed by atoms with Gasteiger partial charge in [0, 0.05) is 37.8 Å². The number of rotatable bonds is 2. The average Bonchev–Trinajstić information content (AvgIpc) is 2.68. The number of nitrogens with zero attached hydrogens (tertiary/aromatic N) is 2. The monoisotopic (exact) mass is 416 g/mol. The van der Waals surface area contributed by atoms with Crippen molar-refractivity contribution in [2.24, 2.45) is 0 Å². The maximum absolute atomic E-state index is 12.4. The molecule has 3 aliphatic heterocycles. The van der Waals surface area contributed by atoms with Crippen LogP contribution in [0.4, 0.5) is 16.2 Å². The van der Waals surface area contributed by atoms with Crippen LogP contribution in [0.3, 0.4) is 0 Å². The lowest BCUT2D eigenvalue weighted by Crippen LogP contribution is -2.59. The maximum atomic E-state index is 12.4. The Morgan fingerprint density at radius 2 is 2.07 bits per heavy atom. The lowest BCUT2D eigenvalue weighted by molar-refractivity contribution is -0.133. The predicted octanol–water partition coefficient (Wildman–Crippen LogP) is 1.72. The Labute approximate surface area is 175 Å². The van der Waals surface area contributed by atoms with E-state index >= 15 is 0 Å². The topological polar surface area (TPSA) is 100 Å². The van der Waals surface area contributed by atoms with Gasteiger partial charge in [-0.3, -0.25) is 14.9 Å². The largest absolute Gasteiger partial charge is 0.489 e. The Hall–Kier alpha value is -2.97. The third kappa shape index (κ3) is 4.29. The van der Waals surface area contributed by atoms with E-state index in [2.05, 4.69) is 15.5 Å². The summed E-state index contributed by atoms with van der Waals surface area (Å²) in [4.78, 5) is 39.7. The number of carbonyl (C=O) groups is 3. The summed E-state index contributed by atoms with van der Waals surface area (Å²) in [5.74, 6) is 0.209. The Kier molecular flexibility index (Phi) is 5.21. The van der Waals surface area contributed by atoms with Gasteiger partial charge in [0.1, 0.15) is 24.0 Å². The molecule has 3 heterocycles. The number of ether oxygens (including phenoxy) is 2. The molecular weight excluding hydrogens is 388 g/mol.